The summed E-state index contributed by atoms with van der Waals surface area (Å²) in [6.45, 7) is 4.27. The Morgan fingerprint density at radius 2 is 1.86 bits per heavy atom. The average Bonchev–Trinajstić information content (AvgIpc) is 2.77. The minimum absolute atomic E-state index is 0.0332. The highest BCUT2D eigenvalue weighted by molar-refractivity contribution is 7.98. The first-order chi connectivity index (χ1) is 13.9. The standard InChI is InChI=1S/C21H26N2O4S2/c1-16(17-6-4-3-5-7-17)15-22-29(25,26)18-8-9-20(28-2)19(14-18)21(24)23-10-12-27-13-11-23/h3-9,14,16,22H,10-13,15H2,1-2H3/t16-/m1/s1. The molecule has 6 nitrogen and oxygen atoms in total. The molecule has 0 spiro atoms. The van der Waals surface area contributed by atoms with Gasteiger partial charge in [0.2, 0.25) is 10.0 Å². The van der Waals surface area contributed by atoms with Crippen molar-refractivity contribution in [2.45, 2.75) is 22.6 Å². The largest absolute Gasteiger partial charge is 0.378 e. The Balaban J connectivity index is 1.79. The molecule has 1 N–H and O–H groups in total. The summed E-state index contributed by atoms with van der Waals surface area (Å²) in [4.78, 5) is 15.5. The van der Waals surface area contributed by atoms with Gasteiger partial charge >= 0.3 is 0 Å². The lowest BCUT2D eigenvalue weighted by atomic mass is 10.0. The van der Waals surface area contributed by atoms with Crippen molar-refractivity contribution in [1.29, 1.82) is 0 Å². The monoisotopic (exact) mass is 434 g/mol. The summed E-state index contributed by atoms with van der Waals surface area (Å²) in [6.07, 6.45) is 1.87. The van der Waals surface area contributed by atoms with Gasteiger partial charge in [0, 0.05) is 24.5 Å². The van der Waals surface area contributed by atoms with Crippen LogP contribution in [-0.4, -0.2) is 58.3 Å². The highest BCUT2D eigenvalue weighted by atomic mass is 32.2. The van der Waals surface area contributed by atoms with Gasteiger partial charge in [-0.1, -0.05) is 37.3 Å². The van der Waals surface area contributed by atoms with Crippen LogP contribution in [0.25, 0.3) is 0 Å². The van der Waals surface area contributed by atoms with E-state index in [1.807, 2.05) is 43.5 Å². The molecule has 0 radical (unpaired) electrons. The van der Waals surface area contributed by atoms with Crippen LogP contribution in [0, 0.1) is 0 Å². The highest BCUT2D eigenvalue weighted by Crippen LogP contribution is 2.26. The summed E-state index contributed by atoms with van der Waals surface area (Å²) >= 11 is 1.43. The van der Waals surface area contributed by atoms with Gasteiger partial charge in [-0.05, 0) is 35.9 Å². The fraction of sp³-hybridized carbons (Fsp3) is 0.381. The molecule has 0 bridgehead atoms. The Morgan fingerprint density at radius 1 is 1.17 bits per heavy atom. The number of morpholine rings is 1. The van der Waals surface area contributed by atoms with Gasteiger partial charge in [-0.15, -0.1) is 11.8 Å². The van der Waals surface area contributed by atoms with Gasteiger partial charge in [-0.25, -0.2) is 13.1 Å². The maximum absolute atomic E-state index is 13.0. The topological polar surface area (TPSA) is 75.7 Å². The quantitative estimate of drug-likeness (QED) is 0.678. The van der Waals surface area contributed by atoms with Crippen molar-refractivity contribution in [3.05, 3.63) is 59.7 Å². The number of carbonyl (C=O) groups is 1. The Labute approximate surface area is 176 Å². The predicted octanol–water partition coefficient (Wildman–Crippen LogP) is 2.96. The van der Waals surface area contributed by atoms with E-state index >= 15 is 0 Å². The van der Waals surface area contributed by atoms with Crippen LogP contribution in [-0.2, 0) is 14.8 Å². The molecule has 156 valence electrons. The molecule has 0 unspecified atom stereocenters. The third-order valence-corrected chi connectivity index (χ3v) is 7.18. The van der Waals surface area contributed by atoms with Gasteiger partial charge in [0.25, 0.3) is 5.91 Å². The third kappa shape index (κ3) is 5.39. The smallest absolute Gasteiger partial charge is 0.255 e. The molecule has 1 heterocycles. The van der Waals surface area contributed by atoms with Crippen molar-refractivity contribution in [3.63, 3.8) is 0 Å². The van der Waals surface area contributed by atoms with Crippen molar-refractivity contribution in [2.75, 3.05) is 39.1 Å². The second-order valence-electron chi connectivity index (χ2n) is 6.93. The zero-order valence-electron chi connectivity index (χ0n) is 16.6. The highest BCUT2D eigenvalue weighted by Gasteiger charge is 2.24. The number of nitrogens with zero attached hydrogens (tertiary/aromatic N) is 1. The number of carbonyl (C=O) groups excluding carboxylic acids is 1. The maximum Gasteiger partial charge on any atom is 0.255 e. The molecule has 0 aromatic heterocycles. The second kappa shape index (κ2) is 9.75. The summed E-state index contributed by atoms with van der Waals surface area (Å²) in [5, 5.41) is 0. The molecule has 3 rings (SSSR count). The van der Waals surface area contributed by atoms with Gasteiger partial charge in [0.15, 0.2) is 0 Å². The Bertz CT molecular complexity index is 942. The van der Waals surface area contributed by atoms with Crippen LogP contribution in [0.1, 0.15) is 28.8 Å². The van der Waals surface area contributed by atoms with E-state index in [-0.39, 0.29) is 23.3 Å². The molecule has 1 saturated heterocycles. The van der Waals surface area contributed by atoms with Crippen LogP contribution in [0.5, 0.6) is 0 Å². The lowest BCUT2D eigenvalue weighted by Gasteiger charge is -2.27. The number of thioether (sulfide) groups is 1. The third-order valence-electron chi connectivity index (χ3n) is 4.96. The molecule has 29 heavy (non-hydrogen) atoms. The lowest BCUT2D eigenvalue weighted by molar-refractivity contribution is 0.0300. The first-order valence-corrected chi connectivity index (χ1v) is 12.2. The molecule has 2 aromatic carbocycles. The first kappa shape index (κ1) is 21.8. The maximum atomic E-state index is 13.0. The molecule has 0 aliphatic carbocycles. The second-order valence-corrected chi connectivity index (χ2v) is 9.55. The Morgan fingerprint density at radius 3 is 2.52 bits per heavy atom. The Hall–Kier alpha value is -1.87. The Kier molecular flexibility index (Phi) is 7.34. The van der Waals surface area contributed by atoms with Gasteiger partial charge in [0.1, 0.15) is 0 Å². The van der Waals surface area contributed by atoms with Crippen LogP contribution < -0.4 is 4.72 Å². The number of hydrogen-bond donors (Lipinski definition) is 1. The van der Waals surface area contributed by atoms with Crippen molar-refractivity contribution >= 4 is 27.7 Å². The molecule has 1 atom stereocenters. The van der Waals surface area contributed by atoms with E-state index in [2.05, 4.69) is 4.72 Å². The van der Waals surface area contributed by atoms with Crippen LogP contribution in [0.4, 0.5) is 0 Å². The predicted molar refractivity (Wildman–Crippen MR) is 115 cm³/mol. The molecule has 1 fully saturated rings. The molecule has 2 aromatic rings. The van der Waals surface area contributed by atoms with Crippen LogP contribution >= 0.6 is 11.8 Å². The molecule has 0 saturated carbocycles. The molecular formula is C21H26N2O4S2. The molecular weight excluding hydrogens is 408 g/mol. The SMILES string of the molecule is CSc1ccc(S(=O)(=O)NC[C@@H](C)c2ccccc2)cc1C(=O)N1CCOCC1. The van der Waals surface area contributed by atoms with Gasteiger partial charge < -0.3 is 9.64 Å². The fourth-order valence-electron chi connectivity index (χ4n) is 3.18. The van der Waals surface area contributed by atoms with Crippen LogP contribution in [0.15, 0.2) is 58.3 Å². The number of nitrogens with one attached hydrogen (secondary N) is 1. The summed E-state index contributed by atoms with van der Waals surface area (Å²) < 4.78 is 33.7. The minimum Gasteiger partial charge on any atom is -0.378 e. The van der Waals surface area contributed by atoms with E-state index in [0.29, 0.717) is 31.9 Å². The van der Waals surface area contributed by atoms with Gasteiger partial charge in [-0.2, -0.15) is 0 Å². The lowest BCUT2D eigenvalue weighted by Crippen LogP contribution is -2.41. The number of rotatable bonds is 7. The van der Waals surface area contributed by atoms with E-state index < -0.39 is 10.0 Å². The van der Waals surface area contributed by atoms with Crippen molar-refractivity contribution < 1.29 is 17.9 Å². The zero-order valence-corrected chi connectivity index (χ0v) is 18.3. The van der Waals surface area contributed by atoms with Gasteiger partial charge in [0.05, 0.1) is 23.7 Å². The van der Waals surface area contributed by atoms with Crippen molar-refractivity contribution in [1.82, 2.24) is 9.62 Å². The van der Waals surface area contributed by atoms with Crippen LogP contribution in [0.2, 0.25) is 0 Å². The van der Waals surface area contributed by atoms with E-state index in [1.165, 1.54) is 17.8 Å². The molecule has 1 amide bonds. The summed E-state index contributed by atoms with van der Waals surface area (Å²) in [6, 6.07) is 14.5. The average molecular weight is 435 g/mol. The van der Waals surface area contributed by atoms with E-state index in [9.17, 15) is 13.2 Å². The zero-order chi connectivity index (χ0) is 20.9. The minimum atomic E-state index is -3.73. The number of amides is 1. The fourth-order valence-corrected chi connectivity index (χ4v) is 4.90. The molecule has 8 heteroatoms. The molecule has 1 aliphatic rings. The van der Waals surface area contributed by atoms with E-state index in [4.69, 9.17) is 4.74 Å². The number of benzene rings is 2. The van der Waals surface area contributed by atoms with Gasteiger partial charge in [-0.3, -0.25) is 4.79 Å². The van der Waals surface area contributed by atoms with Crippen molar-refractivity contribution in [2.24, 2.45) is 0 Å². The molecule has 1 aliphatic heterocycles. The normalized spacial score (nSPS) is 15.9. The summed E-state index contributed by atoms with van der Waals surface area (Å²) in [7, 11) is -3.73. The number of ether oxygens (including phenoxy) is 1. The van der Waals surface area contributed by atoms with E-state index in [0.717, 1.165) is 10.5 Å². The summed E-state index contributed by atoms with van der Waals surface area (Å²) in [5.74, 6) is -0.127. The van der Waals surface area contributed by atoms with Crippen LogP contribution in [0.3, 0.4) is 0 Å². The number of hydrogen-bond acceptors (Lipinski definition) is 5. The number of sulfonamides is 1. The van der Waals surface area contributed by atoms with E-state index in [1.54, 1.807) is 17.0 Å². The first-order valence-electron chi connectivity index (χ1n) is 9.52. The summed E-state index contributed by atoms with van der Waals surface area (Å²) in [5.41, 5.74) is 1.48. The van der Waals surface area contributed by atoms with Crippen molar-refractivity contribution in [3.8, 4) is 0 Å².